The molecule has 20 heavy (non-hydrogen) atoms. The Balaban J connectivity index is 2.10. The second kappa shape index (κ2) is 4.94. The van der Waals surface area contributed by atoms with Gasteiger partial charge in [0.25, 0.3) is 0 Å². The van der Waals surface area contributed by atoms with Gasteiger partial charge in [-0.15, -0.1) is 0 Å². The van der Waals surface area contributed by atoms with Crippen molar-refractivity contribution in [2.45, 2.75) is 0 Å². The standard InChI is InChI=1S/C10H9Cl2N5O2S/c11-8-6-7(13-5-14-8)9(16-10(12)15-6)17-1-3-20(18,19)4-2-17/h5H,1-4H2. The van der Waals surface area contributed by atoms with E-state index in [0.29, 0.717) is 29.9 Å². The highest BCUT2D eigenvalue weighted by atomic mass is 35.5. The number of sulfone groups is 1. The number of hydrogen-bond acceptors (Lipinski definition) is 7. The molecule has 106 valence electrons. The SMILES string of the molecule is O=S1(=O)CCN(c2nc(Cl)nc3c(Cl)ncnc23)CC1. The normalized spacial score (nSPS) is 18.4. The second-order valence-corrected chi connectivity index (χ2v) is 7.32. The van der Waals surface area contributed by atoms with Crippen LogP contribution in [0.5, 0.6) is 0 Å². The fraction of sp³-hybridized carbons (Fsp3) is 0.400. The Morgan fingerprint density at radius 2 is 1.75 bits per heavy atom. The highest BCUT2D eigenvalue weighted by Gasteiger charge is 2.25. The molecule has 0 radical (unpaired) electrons. The third-order valence-electron chi connectivity index (χ3n) is 3.04. The van der Waals surface area contributed by atoms with Gasteiger partial charge in [-0.05, 0) is 11.6 Å². The average Bonchev–Trinajstić information content (AvgIpc) is 2.39. The average molecular weight is 334 g/mol. The largest absolute Gasteiger partial charge is 0.353 e. The predicted octanol–water partition coefficient (Wildman–Crippen LogP) is 0.961. The molecule has 2 aromatic rings. The summed E-state index contributed by atoms with van der Waals surface area (Å²) < 4.78 is 23.0. The maximum absolute atomic E-state index is 11.5. The van der Waals surface area contributed by atoms with E-state index in [4.69, 9.17) is 23.2 Å². The van der Waals surface area contributed by atoms with Gasteiger partial charge in [0.2, 0.25) is 5.28 Å². The first-order valence-electron chi connectivity index (χ1n) is 5.75. The summed E-state index contributed by atoms with van der Waals surface area (Å²) in [7, 11) is -2.97. The van der Waals surface area contributed by atoms with E-state index in [-0.39, 0.29) is 21.9 Å². The van der Waals surface area contributed by atoms with Crippen LogP contribution in [0, 0.1) is 0 Å². The van der Waals surface area contributed by atoms with Gasteiger partial charge < -0.3 is 4.90 Å². The third kappa shape index (κ3) is 2.50. The van der Waals surface area contributed by atoms with Gasteiger partial charge in [0.1, 0.15) is 17.4 Å². The quantitative estimate of drug-likeness (QED) is 0.567. The summed E-state index contributed by atoms with van der Waals surface area (Å²) in [5, 5.41) is 0.211. The number of anilines is 1. The second-order valence-electron chi connectivity index (χ2n) is 4.32. The van der Waals surface area contributed by atoms with E-state index in [9.17, 15) is 8.42 Å². The third-order valence-corrected chi connectivity index (χ3v) is 5.09. The van der Waals surface area contributed by atoms with Gasteiger partial charge in [0.15, 0.2) is 20.8 Å². The summed E-state index contributed by atoms with van der Waals surface area (Å²) in [4.78, 5) is 18.0. The highest BCUT2D eigenvalue weighted by Crippen LogP contribution is 2.27. The molecule has 3 rings (SSSR count). The van der Waals surface area contributed by atoms with Crippen molar-refractivity contribution in [3.8, 4) is 0 Å². The van der Waals surface area contributed by atoms with E-state index in [1.54, 1.807) is 0 Å². The van der Waals surface area contributed by atoms with Crippen LogP contribution in [-0.2, 0) is 9.84 Å². The van der Waals surface area contributed by atoms with Gasteiger partial charge in [-0.3, -0.25) is 0 Å². The zero-order valence-electron chi connectivity index (χ0n) is 10.1. The molecule has 0 aliphatic carbocycles. The fourth-order valence-electron chi connectivity index (χ4n) is 2.02. The van der Waals surface area contributed by atoms with Crippen molar-refractivity contribution < 1.29 is 8.42 Å². The summed E-state index contributed by atoms with van der Waals surface area (Å²) >= 11 is 11.9. The number of hydrogen-bond donors (Lipinski definition) is 0. The predicted molar refractivity (Wildman–Crippen MR) is 76.0 cm³/mol. The summed E-state index contributed by atoms with van der Waals surface area (Å²) in [6.07, 6.45) is 1.31. The van der Waals surface area contributed by atoms with E-state index in [1.165, 1.54) is 6.33 Å². The van der Waals surface area contributed by atoms with Crippen LogP contribution in [0.4, 0.5) is 5.82 Å². The lowest BCUT2D eigenvalue weighted by Gasteiger charge is -2.28. The van der Waals surface area contributed by atoms with Gasteiger partial charge in [-0.25, -0.2) is 23.4 Å². The molecule has 1 aliphatic rings. The molecule has 1 aliphatic heterocycles. The molecular weight excluding hydrogens is 325 g/mol. The summed E-state index contributed by atoms with van der Waals surface area (Å²) in [6.45, 7) is 0.679. The van der Waals surface area contributed by atoms with Gasteiger partial charge in [-0.1, -0.05) is 11.6 Å². The van der Waals surface area contributed by atoms with Crippen molar-refractivity contribution in [2.75, 3.05) is 29.5 Å². The van der Waals surface area contributed by atoms with Crippen LogP contribution in [0.25, 0.3) is 11.0 Å². The number of rotatable bonds is 1. The van der Waals surface area contributed by atoms with Gasteiger partial charge in [0, 0.05) is 13.1 Å². The zero-order chi connectivity index (χ0) is 14.3. The highest BCUT2D eigenvalue weighted by molar-refractivity contribution is 7.91. The lowest BCUT2D eigenvalue weighted by molar-refractivity contribution is 0.586. The maximum Gasteiger partial charge on any atom is 0.225 e. The molecular formula is C10H9Cl2N5O2S. The number of fused-ring (bicyclic) bond motifs is 1. The van der Waals surface area contributed by atoms with E-state index in [2.05, 4.69) is 19.9 Å². The molecule has 1 saturated heterocycles. The van der Waals surface area contributed by atoms with Crippen LogP contribution >= 0.6 is 23.2 Å². The molecule has 3 heterocycles. The Labute approximate surface area is 124 Å². The van der Waals surface area contributed by atoms with Gasteiger partial charge in [-0.2, -0.15) is 4.98 Å². The number of aromatic nitrogens is 4. The van der Waals surface area contributed by atoms with Crippen molar-refractivity contribution in [3.05, 3.63) is 16.8 Å². The molecule has 0 atom stereocenters. The Morgan fingerprint density at radius 1 is 1.05 bits per heavy atom. The fourth-order valence-corrected chi connectivity index (χ4v) is 3.56. The Kier molecular flexibility index (Phi) is 3.39. The monoisotopic (exact) mass is 333 g/mol. The van der Waals surface area contributed by atoms with Crippen molar-refractivity contribution in [1.29, 1.82) is 0 Å². The molecule has 7 nitrogen and oxygen atoms in total. The first kappa shape index (κ1) is 13.7. The number of halogens is 2. The summed E-state index contributed by atoms with van der Waals surface area (Å²) in [5.74, 6) is 0.642. The molecule has 0 aromatic carbocycles. The minimum absolute atomic E-state index is 0.0256. The minimum atomic E-state index is -2.97. The van der Waals surface area contributed by atoms with E-state index in [1.807, 2.05) is 4.90 Å². The van der Waals surface area contributed by atoms with Gasteiger partial charge in [0.05, 0.1) is 11.5 Å². The molecule has 0 spiro atoms. The molecule has 10 heteroatoms. The van der Waals surface area contributed by atoms with Crippen LogP contribution in [0.15, 0.2) is 6.33 Å². The lowest BCUT2D eigenvalue weighted by atomic mass is 10.3. The van der Waals surface area contributed by atoms with Crippen LogP contribution in [-0.4, -0.2) is 52.9 Å². The van der Waals surface area contributed by atoms with Crippen molar-refractivity contribution >= 4 is 49.9 Å². The summed E-state index contributed by atoms with van der Waals surface area (Å²) in [6, 6.07) is 0. The minimum Gasteiger partial charge on any atom is -0.353 e. The van der Waals surface area contributed by atoms with Gasteiger partial charge >= 0.3 is 0 Å². The smallest absolute Gasteiger partial charge is 0.225 e. The molecule has 0 amide bonds. The number of nitrogens with zero attached hydrogens (tertiary/aromatic N) is 5. The zero-order valence-corrected chi connectivity index (χ0v) is 12.5. The topological polar surface area (TPSA) is 88.9 Å². The van der Waals surface area contributed by atoms with E-state index in [0.717, 1.165) is 0 Å². The Bertz CT molecular complexity index is 769. The molecule has 0 saturated carbocycles. The maximum atomic E-state index is 11.5. The van der Waals surface area contributed by atoms with Crippen molar-refractivity contribution in [2.24, 2.45) is 0 Å². The van der Waals surface area contributed by atoms with Crippen LogP contribution < -0.4 is 4.90 Å². The van der Waals surface area contributed by atoms with Crippen molar-refractivity contribution in [1.82, 2.24) is 19.9 Å². The Hall–Kier alpha value is -1.25. The van der Waals surface area contributed by atoms with E-state index < -0.39 is 9.84 Å². The van der Waals surface area contributed by atoms with Crippen LogP contribution in [0.2, 0.25) is 10.4 Å². The first-order valence-corrected chi connectivity index (χ1v) is 8.33. The molecule has 0 bridgehead atoms. The molecule has 0 N–H and O–H groups in total. The first-order chi connectivity index (χ1) is 9.46. The van der Waals surface area contributed by atoms with Crippen molar-refractivity contribution in [3.63, 3.8) is 0 Å². The van der Waals surface area contributed by atoms with Crippen LogP contribution in [0.3, 0.4) is 0 Å². The van der Waals surface area contributed by atoms with Crippen LogP contribution in [0.1, 0.15) is 0 Å². The summed E-state index contributed by atoms with van der Waals surface area (Å²) in [5.41, 5.74) is 0.825. The lowest BCUT2D eigenvalue weighted by Crippen LogP contribution is -2.41. The van der Waals surface area contributed by atoms with E-state index >= 15 is 0 Å². The molecule has 1 fully saturated rings. The molecule has 0 unspecified atom stereocenters. The Morgan fingerprint density at radius 3 is 2.45 bits per heavy atom. The molecule has 2 aromatic heterocycles.